The quantitative estimate of drug-likeness (QED) is 0.804. The maximum atomic E-state index is 12.7. The van der Waals surface area contributed by atoms with Gasteiger partial charge in [0.1, 0.15) is 11.9 Å². The summed E-state index contributed by atoms with van der Waals surface area (Å²) in [6, 6.07) is 12.0. The minimum Gasteiger partial charge on any atom is -0.485 e. The van der Waals surface area contributed by atoms with Gasteiger partial charge in [-0.1, -0.05) is 12.1 Å². The third-order valence-electron chi connectivity index (χ3n) is 4.59. The topological polar surface area (TPSA) is 32.8 Å². The van der Waals surface area contributed by atoms with Gasteiger partial charge in [-0.15, -0.1) is 0 Å². The Labute approximate surface area is 156 Å². The lowest BCUT2D eigenvalue weighted by Gasteiger charge is -2.37. The van der Waals surface area contributed by atoms with Crippen LogP contribution in [0.1, 0.15) is 22.8 Å². The molecular weight excluding hydrogens is 357 g/mol. The molecule has 1 aliphatic rings. The SMILES string of the molecule is CCN1C[C@H](CN(C)C(=O)c2ccc(C(F)(F)F)cc2)Oc2ccccc21. The third kappa shape index (κ3) is 4.18. The van der Waals surface area contributed by atoms with Gasteiger partial charge in [-0.2, -0.15) is 13.2 Å². The number of carbonyl (C=O) groups excluding carboxylic acids is 1. The highest BCUT2D eigenvalue weighted by molar-refractivity contribution is 5.94. The molecule has 0 spiro atoms. The molecule has 2 aromatic carbocycles. The van der Waals surface area contributed by atoms with Crippen LogP contribution in [0.25, 0.3) is 0 Å². The number of nitrogens with zero attached hydrogens (tertiary/aromatic N) is 2. The molecule has 27 heavy (non-hydrogen) atoms. The summed E-state index contributed by atoms with van der Waals surface area (Å²) >= 11 is 0. The number of para-hydroxylation sites is 2. The summed E-state index contributed by atoms with van der Waals surface area (Å²) in [5.41, 5.74) is 0.467. The molecule has 0 unspecified atom stereocenters. The lowest BCUT2D eigenvalue weighted by atomic mass is 10.1. The van der Waals surface area contributed by atoms with Gasteiger partial charge < -0.3 is 14.5 Å². The largest absolute Gasteiger partial charge is 0.485 e. The Bertz CT molecular complexity index is 806. The molecule has 0 N–H and O–H groups in total. The molecule has 0 saturated carbocycles. The minimum absolute atomic E-state index is 0.217. The van der Waals surface area contributed by atoms with Gasteiger partial charge in [-0.05, 0) is 43.3 Å². The first-order valence-electron chi connectivity index (χ1n) is 8.73. The summed E-state index contributed by atoms with van der Waals surface area (Å²) in [4.78, 5) is 16.2. The van der Waals surface area contributed by atoms with E-state index in [1.807, 2.05) is 24.3 Å². The smallest absolute Gasteiger partial charge is 0.416 e. The number of benzene rings is 2. The van der Waals surface area contributed by atoms with Crippen LogP contribution in [0, 0.1) is 0 Å². The van der Waals surface area contributed by atoms with Gasteiger partial charge >= 0.3 is 6.18 Å². The standard InChI is InChI=1S/C20H21F3N2O2/c1-3-25-13-16(27-18-7-5-4-6-17(18)25)12-24(2)19(26)14-8-10-15(11-9-14)20(21,22)23/h4-11,16H,3,12-13H2,1-2H3/t16-/m0/s1. The molecule has 1 amide bonds. The molecule has 1 aliphatic heterocycles. The first kappa shape index (κ1) is 19.1. The van der Waals surface area contributed by atoms with Gasteiger partial charge in [0.15, 0.2) is 0 Å². The van der Waals surface area contributed by atoms with E-state index in [1.54, 1.807) is 7.05 Å². The number of rotatable bonds is 4. The van der Waals surface area contributed by atoms with Crippen LogP contribution in [0.5, 0.6) is 5.75 Å². The van der Waals surface area contributed by atoms with Crippen LogP contribution >= 0.6 is 0 Å². The highest BCUT2D eigenvalue weighted by Gasteiger charge is 2.31. The molecule has 0 fully saturated rings. The second-order valence-electron chi connectivity index (χ2n) is 6.51. The number of hydrogen-bond acceptors (Lipinski definition) is 3. The lowest BCUT2D eigenvalue weighted by Crippen LogP contribution is -2.46. The van der Waals surface area contributed by atoms with Crippen molar-refractivity contribution in [2.75, 3.05) is 31.6 Å². The van der Waals surface area contributed by atoms with Gasteiger partial charge in [0.05, 0.1) is 24.3 Å². The van der Waals surface area contributed by atoms with Crippen molar-refractivity contribution in [1.82, 2.24) is 4.90 Å². The van der Waals surface area contributed by atoms with Gasteiger partial charge in [0.25, 0.3) is 5.91 Å². The number of ether oxygens (including phenoxy) is 1. The van der Waals surface area contributed by atoms with Crippen LogP contribution in [0.3, 0.4) is 0 Å². The average molecular weight is 378 g/mol. The van der Waals surface area contributed by atoms with Crippen molar-refractivity contribution >= 4 is 11.6 Å². The van der Waals surface area contributed by atoms with Gasteiger partial charge in [0.2, 0.25) is 0 Å². The number of fused-ring (bicyclic) bond motifs is 1. The van der Waals surface area contributed by atoms with Crippen LogP contribution in [0.2, 0.25) is 0 Å². The number of carbonyl (C=O) groups is 1. The van der Waals surface area contributed by atoms with Crippen molar-refractivity contribution in [1.29, 1.82) is 0 Å². The molecule has 0 bridgehead atoms. The van der Waals surface area contributed by atoms with Crippen LogP contribution in [0.4, 0.5) is 18.9 Å². The maximum absolute atomic E-state index is 12.7. The van der Waals surface area contributed by atoms with Crippen molar-refractivity contribution in [3.8, 4) is 5.75 Å². The van der Waals surface area contributed by atoms with E-state index in [1.165, 1.54) is 17.0 Å². The van der Waals surface area contributed by atoms with E-state index in [9.17, 15) is 18.0 Å². The second-order valence-corrected chi connectivity index (χ2v) is 6.51. The summed E-state index contributed by atoms with van der Waals surface area (Å²) in [5.74, 6) is 0.431. The third-order valence-corrected chi connectivity index (χ3v) is 4.59. The molecular formula is C20H21F3N2O2. The predicted octanol–water partition coefficient (Wildman–Crippen LogP) is 4.06. The summed E-state index contributed by atoms with van der Waals surface area (Å²) in [6.07, 6.45) is -4.64. The molecule has 0 aromatic heterocycles. The zero-order valence-electron chi connectivity index (χ0n) is 15.2. The Hall–Kier alpha value is -2.70. The molecule has 4 nitrogen and oxygen atoms in total. The number of halogens is 3. The van der Waals surface area contributed by atoms with Crippen LogP contribution in [-0.4, -0.2) is 43.6 Å². The van der Waals surface area contributed by atoms with E-state index in [4.69, 9.17) is 4.74 Å². The second kappa shape index (κ2) is 7.50. The Morgan fingerprint density at radius 2 is 1.85 bits per heavy atom. The fourth-order valence-corrected chi connectivity index (χ4v) is 3.18. The van der Waals surface area contributed by atoms with Crippen molar-refractivity contribution in [3.63, 3.8) is 0 Å². The highest BCUT2D eigenvalue weighted by atomic mass is 19.4. The van der Waals surface area contributed by atoms with Crippen LogP contribution in [-0.2, 0) is 6.18 Å². The molecule has 144 valence electrons. The predicted molar refractivity (Wildman–Crippen MR) is 97.1 cm³/mol. The van der Waals surface area contributed by atoms with Gasteiger partial charge in [0, 0.05) is 19.2 Å². The molecule has 3 rings (SSSR count). The molecule has 2 aromatic rings. The molecule has 0 saturated heterocycles. The molecule has 0 radical (unpaired) electrons. The molecule has 1 heterocycles. The summed E-state index contributed by atoms with van der Waals surface area (Å²) in [6.45, 7) is 3.84. The van der Waals surface area contributed by atoms with Gasteiger partial charge in [-0.25, -0.2) is 0 Å². The summed E-state index contributed by atoms with van der Waals surface area (Å²) in [5, 5.41) is 0. The number of likely N-dealkylation sites (N-methyl/N-ethyl adjacent to an activating group) is 2. The van der Waals surface area contributed by atoms with Crippen molar-refractivity contribution in [2.45, 2.75) is 19.2 Å². The van der Waals surface area contributed by atoms with Crippen LogP contribution in [0.15, 0.2) is 48.5 Å². The first-order valence-corrected chi connectivity index (χ1v) is 8.73. The highest BCUT2D eigenvalue weighted by Crippen LogP contribution is 2.33. The number of hydrogen-bond donors (Lipinski definition) is 0. The number of anilines is 1. The molecule has 7 heteroatoms. The Morgan fingerprint density at radius 3 is 2.48 bits per heavy atom. The van der Waals surface area contributed by atoms with E-state index in [-0.39, 0.29) is 17.6 Å². The van der Waals surface area contributed by atoms with Crippen molar-refractivity contribution in [2.24, 2.45) is 0 Å². The zero-order chi connectivity index (χ0) is 19.6. The average Bonchev–Trinajstić information content (AvgIpc) is 2.66. The monoisotopic (exact) mass is 378 g/mol. The minimum atomic E-state index is -4.42. The Balaban J connectivity index is 1.68. The van der Waals surface area contributed by atoms with E-state index in [2.05, 4.69) is 11.8 Å². The Morgan fingerprint density at radius 1 is 1.19 bits per heavy atom. The molecule has 0 aliphatic carbocycles. The number of alkyl halides is 3. The fourth-order valence-electron chi connectivity index (χ4n) is 3.18. The van der Waals surface area contributed by atoms with Gasteiger partial charge in [-0.3, -0.25) is 4.79 Å². The van der Waals surface area contributed by atoms with E-state index in [0.717, 1.165) is 30.1 Å². The van der Waals surface area contributed by atoms with Crippen molar-refractivity contribution in [3.05, 3.63) is 59.7 Å². The fraction of sp³-hybridized carbons (Fsp3) is 0.350. The lowest BCUT2D eigenvalue weighted by molar-refractivity contribution is -0.137. The summed E-state index contributed by atoms with van der Waals surface area (Å²) < 4.78 is 44.0. The van der Waals surface area contributed by atoms with Crippen LogP contribution < -0.4 is 9.64 Å². The van der Waals surface area contributed by atoms with E-state index < -0.39 is 11.7 Å². The maximum Gasteiger partial charge on any atom is 0.416 e. The number of amides is 1. The summed E-state index contributed by atoms with van der Waals surface area (Å²) in [7, 11) is 1.63. The van der Waals surface area contributed by atoms with E-state index >= 15 is 0 Å². The Kier molecular flexibility index (Phi) is 5.30. The normalized spacial score (nSPS) is 16.5. The molecule has 1 atom stereocenters. The van der Waals surface area contributed by atoms with E-state index in [0.29, 0.717) is 13.1 Å². The first-order chi connectivity index (χ1) is 12.8. The zero-order valence-corrected chi connectivity index (χ0v) is 15.2. The van der Waals surface area contributed by atoms with Crippen molar-refractivity contribution < 1.29 is 22.7 Å².